The fourth-order valence-electron chi connectivity index (χ4n) is 3.10. The molecular weight excluding hydrogens is 388 g/mol. The van der Waals surface area contributed by atoms with Crippen molar-refractivity contribution in [2.75, 3.05) is 5.32 Å². The summed E-state index contributed by atoms with van der Waals surface area (Å²) in [5.74, 6) is 0.282. The van der Waals surface area contributed by atoms with Crippen LogP contribution in [0, 0.1) is 13.8 Å². The lowest BCUT2D eigenvalue weighted by Gasteiger charge is -2.05. The van der Waals surface area contributed by atoms with E-state index in [0.29, 0.717) is 40.0 Å². The number of anilines is 1. The maximum atomic E-state index is 13.1. The summed E-state index contributed by atoms with van der Waals surface area (Å²) in [6.07, 6.45) is 1.75. The number of nitrogens with zero attached hydrogens (tertiary/aromatic N) is 3. The topological polar surface area (TPSA) is 73.0 Å². The van der Waals surface area contributed by atoms with Crippen molar-refractivity contribution in [1.29, 1.82) is 0 Å². The molecule has 0 fully saturated rings. The van der Waals surface area contributed by atoms with Gasteiger partial charge in [-0.25, -0.2) is 0 Å². The molecule has 1 N–H and O–H groups in total. The summed E-state index contributed by atoms with van der Waals surface area (Å²) >= 11 is 6.02. The lowest BCUT2D eigenvalue weighted by atomic mass is 10.1. The molecule has 0 bridgehead atoms. The Balaban J connectivity index is 1.72. The van der Waals surface area contributed by atoms with Gasteiger partial charge in [-0.3, -0.25) is 9.48 Å². The summed E-state index contributed by atoms with van der Waals surface area (Å²) in [5.41, 5.74) is 4.15. The van der Waals surface area contributed by atoms with E-state index in [9.17, 15) is 4.79 Å². The van der Waals surface area contributed by atoms with E-state index >= 15 is 0 Å². The normalized spacial score (nSPS) is 10.9. The molecule has 4 aromatic rings. The largest absolute Gasteiger partial charge is 0.359 e. The Kier molecular flexibility index (Phi) is 5.18. The molecule has 6 nitrogen and oxygen atoms in total. The van der Waals surface area contributed by atoms with Crippen LogP contribution in [0.1, 0.15) is 27.4 Å². The third-order valence-corrected chi connectivity index (χ3v) is 4.84. The number of amides is 1. The molecule has 0 radical (unpaired) electrons. The Morgan fingerprint density at radius 2 is 1.83 bits per heavy atom. The van der Waals surface area contributed by atoms with Gasteiger partial charge in [0.05, 0.1) is 12.1 Å². The first kappa shape index (κ1) is 19.0. The molecule has 0 aliphatic heterocycles. The Morgan fingerprint density at radius 3 is 2.48 bits per heavy atom. The number of carbonyl (C=O) groups is 1. The average Bonchev–Trinajstić information content (AvgIpc) is 3.28. The highest BCUT2D eigenvalue weighted by atomic mass is 35.5. The quantitative estimate of drug-likeness (QED) is 0.500. The number of benzene rings is 2. The van der Waals surface area contributed by atoms with Crippen molar-refractivity contribution < 1.29 is 9.32 Å². The molecule has 1 amide bonds. The molecule has 2 aromatic carbocycles. The van der Waals surface area contributed by atoms with Crippen LogP contribution >= 0.6 is 11.6 Å². The van der Waals surface area contributed by atoms with Crippen LogP contribution in [0.2, 0.25) is 5.02 Å². The first-order chi connectivity index (χ1) is 14.0. The Bertz CT molecular complexity index is 1130. The number of aryl methyl sites for hydroxylation is 2. The first-order valence-corrected chi connectivity index (χ1v) is 9.50. The fourth-order valence-corrected chi connectivity index (χ4v) is 3.23. The van der Waals surface area contributed by atoms with E-state index in [4.69, 9.17) is 16.1 Å². The van der Waals surface area contributed by atoms with Gasteiger partial charge in [0.15, 0.2) is 5.76 Å². The number of hydrogen-bond acceptors (Lipinski definition) is 4. The minimum atomic E-state index is -0.274. The minimum Gasteiger partial charge on any atom is -0.359 e. The van der Waals surface area contributed by atoms with Crippen molar-refractivity contribution in [1.82, 2.24) is 14.9 Å². The van der Waals surface area contributed by atoms with Gasteiger partial charge in [0, 0.05) is 16.8 Å². The molecule has 146 valence electrons. The molecule has 29 heavy (non-hydrogen) atoms. The maximum absolute atomic E-state index is 13.1. The average molecular weight is 407 g/mol. The second-order valence-corrected chi connectivity index (χ2v) is 7.17. The second kappa shape index (κ2) is 7.93. The van der Waals surface area contributed by atoms with E-state index in [-0.39, 0.29) is 5.91 Å². The molecule has 2 aromatic heterocycles. The van der Waals surface area contributed by atoms with Crippen molar-refractivity contribution in [3.05, 3.63) is 88.4 Å². The molecule has 0 spiro atoms. The number of aromatic nitrogens is 3. The smallest absolute Gasteiger partial charge is 0.259 e. The lowest BCUT2D eigenvalue weighted by Crippen LogP contribution is -2.13. The Labute approximate surface area is 173 Å². The van der Waals surface area contributed by atoms with Crippen molar-refractivity contribution in [3.8, 4) is 11.3 Å². The fraction of sp³-hybridized carbons (Fsp3) is 0.136. The van der Waals surface area contributed by atoms with Crippen LogP contribution in [0.5, 0.6) is 0 Å². The van der Waals surface area contributed by atoms with Gasteiger partial charge >= 0.3 is 0 Å². The van der Waals surface area contributed by atoms with Crippen LogP contribution < -0.4 is 5.32 Å². The van der Waals surface area contributed by atoms with Gasteiger partial charge in [-0.05, 0) is 31.5 Å². The third-order valence-electron chi connectivity index (χ3n) is 4.58. The highest BCUT2D eigenvalue weighted by Gasteiger charge is 2.21. The number of carbonyl (C=O) groups excluding carboxylic acids is 1. The molecule has 2 heterocycles. The van der Waals surface area contributed by atoms with Crippen molar-refractivity contribution in [2.45, 2.75) is 20.4 Å². The predicted molar refractivity (Wildman–Crippen MR) is 112 cm³/mol. The molecule has 0 unspecified atom stereocenters. The van der Waals surface area contributed by atoms with E-state index in [1.54, 1.807) is 36.9 Å². The highest BCUT2D eigenvalue weighted by molar-refractivity contribution is 6.30. The monoisotopic (exact) mass is 406 g/mol. The molecule has 0 atom stereocenters. The summed E-state index contributed by atoms with van der Waals surface area (Å²) in [4.78, 5) is 13.1. The standard InChI is InChI=1S/C22H19ClN4O2/c1-14-20(15(2)29-26-14)24-22(28)19-13-27(12-16-6-4-3-5-7-16)25-21(19)17-8-10-18(23)11-9-17/h3-11,13H,12H2,1-2H3,(H,24,28). The van der Waals surface area contributed by atoms with Crippen LogP contribution in [0.25, 0.3) is 11.3 Å². The number of rotatable bonds is 5. The number of nitrogens with one attached hydrogen (secondary N) is 1. The summed E-state index contributed by atoms with van der Waals surface area (Å²) in [6.45, 7) is 4.10. The molecule has 0 saturated heterocycles. The summed E-state index contributed by atoms with van der Waals surface area (Å²) in [5, 5.41) is 12.1. The zero-order valence-corrected chi connectivity index (χ0v) is 16.8. The summed E-state index contributed by atoms with van der Waals surface area (Å²) in [6, 6.07) is 17.2. The van der Waals surface area contributed by atoms with Gasteiger partial charge in [0.25, 0.3) is 5.91 Å². The van der Waals surface area contributed by atoms with Crippen LogP contribution in [0.15, 0.2) is 65.3 Å². The van der Waals surface area contributed by atoms with Crippen molar-refractivity contribution in [2.24, 2.45) is 0 Å². The molecular formula is C22H19ClN4O2. The van der Waals surface area contributed by atoms with Crippen molar-refractivity contribution >= 4 is 23.2 Å². The number of hydrogen-bond donors (Lipinski definition) is 1. The molecule has 0 aliphatic carbocycles. The summed E-state index contributed by atoms with van der Waals surface area (Å²) in [7, 11) is 0. The van der Waals surface area contributed by atoms with E-state index in [2.05, 4.69) is 15.6 Å². The van der Waals surface area contributed by atoms with Crippen LogP contribution in [-0.4, -0.2) is 20.8 Å². The second-order valence-electron chi connectivity index (χ2n) is 6.73. The molecule has 0 aliphatic rings. The van der Waals surface area contributed by atoms with E-state index in [0.717, 1.165) is 11.1 Å². The van der Waals surface area contributed by atoms with Crippen LogP contribution in [0.4, 0.5) is 5.69 Å². The zero-order valence-electron chi connectivity index (χ0n) is 16.0. The van der Waals surface area contributed by atoms with Crippen molar-refractivity contribution in [3.63, 3.8) is 0 Å². The third kappa shape index (κ3) is 4.07. The lowest BCUT2D eigenvalue weighted by molar-refractivity contribution is 0.102. The van der Waals surface area contributed by atoms with E-state index < -0.39 is 0 Å². The number of halogens is 1. The van der Waals surface area contributed by atoms with Gasteiger partial charge in [-0.15, -0.1) is 0 Å². The SMILES string of the molecule is Cc1noc(C)c1NC(=O)c1cn(Cc2ccccc2)nc1-c1ccc(Cl)cc1. The molecule has 7 heteroatoms. The first-order valence-electron chi connectivity index (χ1n) is 9.13. The molecule has 0 saturated carbocycles. The van der Waals surface area contributed by atoms with Gasteiger partial charge in [0.1, 0.15) is 17.1 Å². The van der Waals surface area contributed by atoms with Gasteiger partial charge in [-0.1, -0.05) is 59.2 Å². The Hall–Kier alpha value is -3.38. The maximum Gasteiger partial charge on any atom is 0.259 e. The predicted octanol–water partition coefficient (Wildman–Crippen LogP) is 5.11. The van der Waals surface area contributed by atoms with Crippen LogP contribution in [-0.2, 0) is 6.54 Å². The van der Waals surface area contributed by atoms with Gasteiger partial charge in [0.2, 0.25) is 0 Å². The Morgan fingerprint density at radius 1 is 1.10 bits per heavy atom. The zero-order chi connectivity index (χ0) is 20.4. The van der Waals surface area contributed by atoms with E-state index in [1.165, 1.54) is 0 Å². The minimum absolute atomic E-state index is 0.274. The van der Waals surface area contributed by atoms with Gasteiger partial charge < -0.3 is 9.84 Å². The van der Waals surface area contributed by atoms with Crippen LogP contribution in [0.3, 0.4) is 0 Å². The van der Waals surface area contributed by atoms with E-state index in [1.807, 2.05) is 42.5 Å². The van der Waals surface area contributed by atoms with Gasteiger partial charge in [-0.2, -0.15) is 5.10 Å². The molecule has 4 rings (SSSR count). The summed E-state index contributed by atoms with van der Waals surface area (Å²) < 4.78 is 6.91. The highest BCUT2D eigenvalue weighted by Crippen LogP contribution is 2.26.